The predicted molar refractivity (Wildman–Crippen MR) is 59.5 cm³/mol. The fourth-order valence-electron chi connectivity index (χ4n) is 1.80. The first kappa shape index (κ1) is 12.5. The molecule has 2 unspecified atom stereocenters. The van der Waals surface area contributed by atoms with Gasteiger partial charge >= 0.3 is 0 Å². The van der Waals surface area contributed by atoms with Crippen molar-refractivity contribution in [1.82, 2.24) is 10.2 Å². The third-order valence-electron chi connectivity index (χ3n) is 2.90. The Balaban J connectivity index is 2.54. The van der Waals surface area contributed by atoms with Crippen molar-refractivity contribution in [1.29, 1.82) is 0 Å². The van der Waals surface area contributed by atoms with Crippen molar-refractivity contribution in [3.63, 3.8) is 0 Å². The molecule has 4 heteroatoms. The molecule has 4 nitrogen and oxygen atoms in total. The molecule has 1 amide bonds. The van der Waals surface area contributed by atoms with Crippen molar-refractivity contribution >= 4 is 5.91 Å². The molecule has 0 bridgehead atoms. The number of aliphatic hydroxyl groups is 1. The van der Waals surface area contributed by atoms with E-state index in [1.165, 1.54) is 0 Å². The number of nitrogens with one attached hydrogen (secondary N) is 1. The summed E-state index contributed by atoms with van der Waals surface area (Å²) in [5, 5.41) is 12.1. The van der Waals surface area contributed by atoms with Gasteiger partial charge in [0.1, 0.15) is 6.04 Å². The Morgan fingerprint density at radius 2 is 2.27 bits per heavy atom. The van der Waals surface area contributed by atoms with Gasteiger partial charge in [0, 0.05) is 19.1 Å². The molecule has 2 N–H and O–H groups in total. The lowest BCUT2D eigenvalue weighted by Gasteiger charge is -2.38. The van der Waals surface area contributed by atoms with Crippen LogP contribution in [-0.4, -0.2) is 47.7 Å². The van der Waals surface area contributed by atoms with Crippen molar-refractivity contribution in [3.8, 4) is 0 Å². The van der Waals surface area contributed by atoms with E-state index in [0.717, 1.165) is 19.5 Å². The van der Waals surface area contributed by atoms with Crippen LogP contribution in [0.25, 0.3) is 0 Å². The summed E-state index contributed by atoms with van der Waals surface area (Å²) in [5.41, 5.74) is 0. The minimum absolute atomic E-state index is 0.0388. The second-order valence-electron chi connectivity index (χ2n) is 4.71. The van der Waals surface area contributed by atoms with Crippen molar-refractivity contribution in [2.45, 2.75) is 39.3 Å². The second-order valence-corrected chi connectivity index (χ2v) is 4.71. The summed E-state index contributed by atoms with van der Waals surface area (Å²) in [5.74, 6) is 0.643. The van der Waals surface area contributed by atoms with Crippen molar-refractivity contribution in [2.75, 3.05) is 19.7 Å². The molecule has 0 aromatic rings. The standard InChI is InChI=1S/C11H22N2O2/c1-8(2)4-5-13-9(3)6-12-10(7-14)11(13)15/h8-10,12,14H,4-7H2,1-3H3. The van der Waals surface area contributed by atoms with E-state index in [2.05, 4.69) is 19.2 Å². The molecule has 0 saturated carbocycles. The van der Waals surface area contributed by atoms with E-state index < -0.39 is 6.04 Å². The van der Waals surface area contributed by atoms with Gasteiger partial charge in [-0.25, -0.2) is 0 Å². The van der Waals surface area contributed by atoms with Gasteiger partial charge in [0.05, 0.1) is 6.61 Å². The topological polar surface area (TPSA) is 52.6 Å². The third kappa shape index (κ3) is 3.18. The summed E-state index contributed by atoms with van der Waals surface area (Å²) < 4.78 is 0. The summed E-state index contributed by atoms with van der Waals surface area (Å²) >= 11 is 0. The molecule has 1 saturated heterocycles. The van der Waals surface area contributed by atoms with Gasteiger partial charge in [0.15, 0.2) is 0 Å². The van der Waals surface area contributed by atoms with Gasteiger partial charge in [0.2, 0.25) is 5.91 Å². The summed E-state index contributed by atoms with van der Waals surface area (Å²) in [6.45, 7) is 7.81. The van der Waals surface area contributed by atoms with E-state index in [1.807, 2.05) is 11.8 Å². The molecule has 0 aromatic carbocycles. The van der Waals surface area contributed by atoms with E-state index in [4.69, 9.17) is 5.11 Å². The molecule has 1 heterocycles. The van der Waals surface area contributed by atoms with Crippen LogP contribution in [0.4, 0.5) is 0 Å². The molecular formula is C11H22N2O2. The van der Waals surface area contributed by atoms with Gasteiger partial charge in [-0.3, -0.25) is 4.79 Å². The lowest BCUT2D eigenvalue weighted by molar-refractivity contribution is -0.139. The van der Waals surface area contributed by atoms with Gasteiger partial charge in [-0.1, -0.05) is 13.8 Å². The largest absolute Gasteiger partial charge is 0.394 e. The number of rotatable bonds is 4. The van der Waals surface area contributed by atoms with Gasteiger partial charge < -0.3 is 15.3 Å². The average molecular weight is 214 g/mol. The van der Waals surface area contributed by atoms with Crippen LogP contribution in [0.2, 0.25) is 0 Å². The zero-order valence-electron chi connectivity index (χ0n) is 9.86. The number of hydrogen-bond acceptors (Lipinski definition) is 3. The molecule has 1 aliphatic heterocycles. The van der Waals surface area contributed by atoms with Gasteiger partial charge in [-0.15, -0.1) is 0 Å². The first-order valence-corrected chi connectivity index (χ1v) is 5.71. The van der Waals surface area contributed by atoms with Crippen LogP contribution >= 0.6 is 0 Å². The molecule has 1 aliphatic rings. The molecule has 0 aliphatic carbocycles. The quantitative estimate of drug-likeness (QED) is 0.703. The normalized spacial score (nSPS) is 27.5. The predicted octanol–water partition coefficient (Wildman–Crippen LogP) is 0.214. The molecule has 0 spiro atoms. The number of amides is 1. The first-order chi connectivity index (χ1) is 7.06. The molecule has 0 radical (unpaired) electrons. The Bertz CT molecular complexity index is 219. The highest BCUT2D eigenvalue weighted by atomic mass is 16.3. The zero-order valence-corrected chi connectivity index (χ0v) is 9.86. The van der Waals surface area contributed by atoms with Crippen molar-refractivity contribution in [2.24, 2.45) is 5.92 Å². The third-order valence-corrected chi connectivity index (χ3v) is 2.90. The highest BCUT2D eigenvalue weighted by Gasteiger charge is 2.31. The van der Waals surface area contributed by atoms with Crippen LogP contribution in [0.1, 0.15) is 27.2 Å². The molecule has 0 aromatic heterocycles. The van der Waals surface area contributed by atoms with E-state index in [-0.39, 0.29) is 18.6 Å². The second kappa shape index (κ2) is 5.47. The monoisotopic (exact) mass is 214 g/mol. The lowest BCUT2D eigenvalue weighted by atomic mass is 10.1. The number of hydrogen-bond donors (Lipinski definition) is 2. The van der Waals surface area contributed by atoms with E-state index in [9.17, 15) is 4.79 Å². The number of nitrogens with zero attached hydrogens (tertiary/aromatic N) is 1. The zero-order chi connectivity index (χ0) is 11.4. The van der Waals surface area contributed by atoms with Crippen LogP contribution in [-0.2, 0) is 4.79 Å². The van der Waals surface area contributed by atoms with E-state index >= 15 is 0 Å². The fourth-order valence-corrected chi connectivity index (χ4v) is 1.80. The average Bonchev–Trinajstić information content (AvgIpc) is 2.17. The number of aliphatic hydroxyl groups excluding tert-OH is 1. The van der Waals surface area contributed by atoms with Crippen molar-refractivity contribution in [3.05, 3.63) is 0 Å². The molecule has 1 fully saturated rings. The van der Waals surface area contributed by atoms with E-state index in [1.54, 1.807) is 0 Å². The molecule has 2 atom stereocenters. The Kier molecular flexibility index (Phi) is 4.54. The number of carbonyl (C=O) groups excluding carboxylic acids is 1. The molecule has 1 rings (SSSR count). The minimum atomic E-state index is -0.395. The highest BCUT2D eigenvalue weighted by Crippen LogP contribution is 2.11. The van der Waals surface area contributed by atoms with Gasteiger partial charge in [-0.05, 0) is 19.3 Å². The Labute approximate surface area is 91.6 Å². The van der Waals surface area contributed by atoms with Crippen LogP contribution in [0.5, 0.6) is 0 Å². The maximum absolute atomic E-state index is 11.9. The van der Waals surface area contributed by atoms with Crippen LogP contribution < -0.4 is 5.32 Å². The van der Waals surface area contributed by atoms with Gasteiger partial charge in [-0.2, -0.15) is 0 Å². The summed E-state index contributed by atoms with van der Waals surface area (Å²) in [6, 6.07) is -0.160. The van der Waals surface area contributed by atoms with Crippen LogP contribution in [0, 0.1) is 5.92 Å². The first-order valence-electron chi connectivity index (χ1n) is 5.71. The summed E-state index contributed by atoms with van der Waals surface area (Å²) in [4.78, 5) is 13.8. The smallest absolute Gasteiger partial charge is 0.242 e. The Morgan fingerprint density at radius 3 is 2.80 bits per heavy atom. The number of carbonyl (C=O) groups is 1. The SMILES string of the molecule is CC(C)CCN1C(=O)C(CO)NCC1C. The summed E-state index contributed by atoms with van der Waals surface area (Å²) in [7, 11) is 0. The van der Waals surface area contributed by atoms with Crippen molar-refractivity contribution < 1.29 is 9.90 Å². The van der Waals surface area contributed by atoms with Crippen LogP contribution in [0.15, 0.2) is 0 Å². The number of piperazine rings is 1. The van der Waals surface area contributed by atoms with Crippen LogP contribution in [0.3, 0.4) is 0 Å². The Hall–Kier alpha value is -0.610. The molecular weight excluding hydrogens is 192 g/mol. The molecule has 88 valence electrons. The molecule has 15 heavy (non-hydrogen) atoms. The maximum Gasteiger partial charge on any atom is 0.242 e. The fraction of sp³-hybridized carbons (Fsp3) is 0.909. The highest BCUT2D eigenvalue weighted by molar-refractivity contribution is 5.83. The Morgan fingerprint density at radius 1 is 1.60 bits per heavy atom. The van der Waals surface area contributed by atoms with Gasteiger partial charge in [0.25, 0.3) is 0 Å². The van der Waals surface area contributed by atoms with E-state index in [0.29, 0.717) is 5.92 Å². The maximum atomic E-state index is 11.9. The summed E-state index contributed by atoms with van der Waals surface area (Å²) in [6.07, 6.45) is 1.02. The minimum Gasteiger partial charge on any atom is -0.394 e. The lowest BCUT2D eigenvalue weighted by Crippen LogP contribution is -2.60.